The summed E-state index contributed by atoms with van der Waals surface area (Å²) in [6, 6.07) is 0. The van der Waals surface area contributed by atoms with E-state index in [9.17, 15) is 18.9 Å². The van der Waals surface area contributed by atoms with Crippen LogP contribution in [0.2, 0.25) is 0 Å². The van der Waals surface area contributed by atoms with Gasteiger partial charge in [0.2, 0.25) is 0 Å². The van der Waals surface area contributed by atoms with E-state index in [4.69, 9.17) is 5.73 Å². The Morgan fingerprint density at radius 3 is 2.67 bits per heavy atom. The van der Waals surface area contributed by atoms with Crippen molar-refractivity contribution in [3.63, 3.8) is 0 Å². The first-order chi connectivity index (χ1) is 6.99. The van der Waals surface area contributed by atoms with Gasteiger partial charge in [-0.25, -0.2) is 8.78 Å². The summed E-state index contributed by atoms with van der Waals surface area (Å²) < 4.78 is 25.2. The molecule has 8 heteroatoms. The van der Waals surface area contributed by atoms with Gasteiger partial charge in [0.1, 0.15) is 11.8 Å². The SMILES string of the molecule is NCc1ncc([N+](=O)[O-])c(C(F)F)c1I. The van der Waals surface area contributed by atoms with Gasteiger partial charge in [0.25, 0.3) is 12.1 Å². The summed E-state index contributed by atoms with van der Waals surface area (Å²) in [5, 5.41) is 10.5. The third-order valence-corrected chi connectivity index (χ3v) is 2.92. The van der Waals surface area contributed by atoms with Gasteiger partial charge in [-0.05, 0) is 22.6 Å². The second-order valence-corrected chi connectivity index (χ2v) is 3.66. The Bertz CT molecular complexity index is 400. The lowest BCUT2D eigenvalue weighted by molar-refractivity contribution is -0.386. The molecule has 0 radical (unpaired) electrons. The Kier molecular flexibility index (Phi) is 3.85. The molecule has 15 heavy (non-hydrogen) atoms. The van der Waals surface area contributed by atoms with Crippen molar-refractivity contribution in [2.45, 2.75) is 13.0 Å². The van der Waals surface area contributed by atoms with Crippen molar-refractivity contribution < 1.29 is 13.7 Å². The second-order valence-electron chi connectivity index (χ2n) is 2.58. The van der Waals surface area contributed by atoms with E-state index in [1.54, 1.807) is 22.6 Å². The number of nitrogens with two attached hydrogens (primary N) is 1. The zero-order chi connectivity index (χ0) is 11.6. The number of nitrogens with zero attached hydrogens (tertiary/aromatic N) is 2. The largest absolute Gasteiger partial charge is 0.325 e. The topological polar surface area (TPSA) is 82.0 Å². The van der Waals surface area contributed by atoms with Crippen molar-refractivity contribution in [1.29, 1.82) is 0 Å². The molecule has 1 aromatic rings. The first-order valence-corrected chi connectivity index (χ1v) is 4.86. The smallest absolute Gasteiger partial charge is 0.297 e. The molecule has 2 N–H and O–H groups in total. The van der Waals surface area contributed by atoms with Gasteiger partial charge >= 0.3 is 0 Å². The molecule has 0 aromatic carbocycles. The molecule has 0 unspecified atom stereocenters. The summed E-state index contributed by atoms with van der Waals surface area (Å²) in [6.07, 6.45) is -2.10. The van der Waals surface area contributed by atoms with Crippen LogP contribution in [0.1, 0.15) is 17.7 Å². The molecule has 0 aliphatic heterocycles. The van der Waals surface area contributed by atoms with Crippen LogP contribution in [-0.4, -0.2) is 9.91 Å². The third-order valence-electron chi connectivity index (χ3n) is 1.72. The van der Waals surface area contributed by atoms with Crippen LogP contribution in [0, 0.1) is 13.7 Å². The molecule has 82 valence electrons. The lowest BCUT2D eigenvalue weighted by atomic mass is 10.2. The fraction of sp³-hybridized carbons (Fsp3) is 0.286. The van der Waals surface area contributed by atoms with Crippen molar-refractivity contribution in [1.82, 2.24) is 4.98 Å². The summed E-state index contributed by atoms with van der Waals surface area (Å²) in [4.78, 5) is 13.3. The third kappa shape index (κ3) is 2.37. The summed E-state index contributed by atoms with van der Waals surface area (Å²) in [5.74, 6) is 0. The van der Waals surface area contributed by atoms with Crippen molar-refractivity contribution in [2.24, 2.45) is 5.73 Å². The molecule has 1 heterocycles. The minimum atomic E-state index is -2.91. The number of nitro groups is 1. The van der Waals surface area contributed by atoms with Gasteiger partial charge in [-0.2, -0.15) is 0 Å². The number of aromatic nitrogens is 1. The predicted octanol–water partition coefficient (Wildman–Crippen LogP) is 1.99. The molecule has 0 spiro atoms. The number of rotatable bonds is 3. The monoisotopic (exact) mass is 329 g/mol. The van der Waals surface area contributed by atoms with E-state index in [-0.39, 0.29) is 15.8 Å². The first kappa shape index (κ1) is 12.2. The maximum absolute atomic E-state index is 12.6. The van der Waals surface area contributed by atoms with Crippen LogP contribution >= 0.6 is 22.6 Å². The molecule has 0 bridgehead atoms. The molecule has 0 fully saturated rings. The van der Waals surface area contributed by atoms with E-state index in [1.807, 2.05) is 0 Å². The standard InChI is InChI=1S/C7H6F2IN3O2/c8-7(9)5-4(13(14)15)2-12-3(1-11)6(5)10/h2,7H,1,11H2. The summed E-state index contributed by atoms with van der Waals surface area (Å²) >= 11 is 1.59. The van der Waals surface area contributed by atoms with Gasteiger partial charge in [0.15, 0.2) is 0 Å². The maximum Gasteiger partial charge on any atom is 0.297 e. The molecule has 1 rings (SSSR count). The summed E-state index contributed by atoms with van der Waals surface area (Å²) in [6.45, 7) is -0.0318. The highest BCUT2D eigenvalue weighted by atomic mass is 127. The summed E-state index contributed by atoms with van der Waals surface area (Å²) in [7, 11) is 0. The predicted molar refractivity (Wildman–Crippen MR) is 56.5 cm³/mol. The minimum absolute atomic E-state index is 0.0318. The first-order valence-electron chi connectivity index (χ1n) is 3.79. The Labute approximate surface area is 97.0 Å². The van der Waals surface area contributed by atoms with Crippen molar-refractivity contribution >= 4 is 28.3 Å². The molecule has 0 amide bonds. The van der Waals surface area contributed by atoms with Crippen LogP contribution < -0.4 is 5.73 Å². The minimum Gasteiger partial charge on any atom is -0.325 e. The molecule has 0 aliphatic rings. The molecular formula is C7H6F2IN3O2. The van der Waals surface area contributed by atoms with Crippen molar-refractivity contribution in [3.05, 3.63) is 31.1 Å². The van der Waals surface area contributed by atoms with Gasteiger partial charge < -0.3 is 5.73 Å². The van der Waals surface area contributed by atoms with Crippen LogP contribution in [0.15, 0.2) is 6.20 Å². The molecule has 0 saturated heterocycles. The number of hydrogen-bond donors (Lipinski definition) is 1. The quantitative estimate of drug-likeness (QED) is 0.522. The van der Waals surface area contributed by atoms with E-state index >= 15 is 0 Å². The molecule has 0 atom stereocenters. The highest BCUT2D eigenvalue weighted by Gasteiger charge is 2.26. The number of halogens is 3. The number of hydrogen-bond acceptors (Lipinski definition) is 4. The summed E-state index contributed by atoms with van der Waals surface area (Å²) in [5.41, 5.74) is 4.21. The van der Waals surface area contributed by atoms with Gasteiger partial charge in [0.05, 0.1) is 14.2 Å². The normalized spacial score (nSPS) is 10.7. The van der Waals surface area contributed by atoms with E-state index < -0.39 is 22.6 Å². The second kappa shape index (κ2) is 4.75. The van der Waals surface area contributed by atoms with E-state index in [2.05, 4.69) is 4.98 Å². The van der Waals surface area contributed by atoms with Crippen LogP contribution in [0.4, 0.5) is 14.5 Å². The zero-order valence-corrected chi connectivity index (χ0v) is 9.44. The van der Waals surface area contributed by atoms with Gasteiger partial charge in [-0.3, -0.25) is 15.1 Å². The highest BCUT2D eigenvalue weighted by Crippen LogP contribution is 2.33. The van der Waals surface area contributed by atoms with E-state index in [1.165, 1.54) is 0 Å². The molecule has 1 aromatic heterocycles. The molecule has 5 nitrogen and oxygen atoms in total. The lowest BCUT2D eigenvalue weighted by Crippen LogP contribution is -2.08. The number of pyridine rings is 1. The molecular weight excluding hydrogens is 323 g/mol. The van der Waals surface area contributed by atoms with Crippen LogP contribution in [0.3, 0.4) is 0 Å². The van der Waals surface area contributed by atoms with Crippen molar-refractivity contribution in [3.8, 4) is 0 Å². The molecule has 0 aliphatic carbocycles. The Balaban J connectivity index is 3.44. The van der Waals surface area contributed by atoms with Gasteiger partial charge in [-0.15, -0.1) is 0 Å². The van der Waals surface area contributed by atoms with Crippen LogP contribution in [-0.2, 0) is 6.54 Å². The lowest BCUT2D eigenvalue weighted by Gasteiger charge is -2.07. The van der Waals surface area contributed by atoms with Crippen molar-refractivity contribution in [2.75, 3.05) is 0 Å². The Morgan fingerprint density at radius 2 is 2.27 bits per heavy atom. The van der Waals surface area contributed by atoms with Crippen LogP contribution in [0.25, 0.3) is 0 Å². The average Bonchev–Trinajstić information content (AvgIpc) is 2.16. The highest BCUT2D eigenvalue weighted by molar-refractivity contribution is 14.1. The Morgan fingerprint density at radius 1 is 1.67 bits per heavy atom. The number of alkyl halides is 2. The average molecular weight is 329 g/mol. The van der Waals surface area contributed by atoms with Gasteiger partial charge in [-0.1, -0.05) is 0 Å². The van der Waals surface area contributed by atoms with Crippen LogP contribution in [0.5, 0.6) is 0 Å². The maximum atomic E-state index is 12.6. The fourth-order valence-electron chi connectivity index (χ4n) is 1.03. The van der Waals surface area contributed by atoms with E-state index in [0.717, 1.165) is 6.20 Å². The zero-order valence-electron chi connectivity index (χ0n) is 7.28. The van der Waals surface area contributed by atoms with Gasteiger partial charge in [0, 0.05) is 6.54 Å². The fourth-order valence-corrected chi connectivity index (χ4v) is 1.90. The Hall–Kier alpha value is -0.900. The van der Waals surface area contributed by atoms with E-state index in [0.29, 0.717) is 0 Å². The molecule has 0 saturated carbocycles.